The van der Waals surface area contributed by atoms with Gasteiger partial charge >= 0.3 is 0 Å². The summed E-state index contributed by atoms with van der Waals surface area (Å²) < 4.78 is 0. The molecule has 1 heterocycles. The van der Waals surface area contributed by atoms with Gasteiger partial charge in [0.1, 0.15) is 0 Å². The van der Waals surface area contributed by atoms with Crippen LogP contribution in [0.5, 0.6) is 0 Å². The van der Waals surface area contributed by atoms with Crippen LogP contribution in [0.15, 0.2) is 36.9 Å². The lowest BCUT2D eigenvalue weighted by atomic mass is 10.1. The van der Waals surface area contributed by atoms with Gasteiger partial charge in [0.25, 0.3) is 5.91 Å². The highest BCUT2D eigenvalue weighted by Gasteiger charge is 2.19. The van der Waals surface area contributed by atoms with Crippen molar-refractivity contribution < 1.29 is 4.79 Å². The van der Waals surface area contributed by atoms with Gasteiger partial charge in [-0.3, -0.25) is 9.69 Å². The summed E-state index contributed by atoms with van der Waals surface area (Å²) in [6.45, 7) is 10.3. The molecule has 3 heteroatoms. The Morgan fingerprint density at radius 2 is 2.16 bits per heavy atom. The molecule has 0 aliphatic carbocycles. The molecular formula is C16H22N2O. The van der Waals surface area contributed by atoms with Crippen molar-refractivity contribution in [3.63, 3.8) is 0 Å². The molecule has 0 N–H and O–H groups in total. The number of carbonyl (C=O) groups excluding carboxylic acids is 1. The molecule has 0 spiro atoms. The van der Waals surface area contributed by atoms with Crippen molar-refractivity contribution in [3.05, 3.63) is 48.0 Å². The molecule has 102 valence electrons. The predicted octanol–water partition coefficient (Wildman–Crippen LogP) is 2.33. The first-order chi connectivity index (χ1) is 9.20. The fourth-order valence-electron chi connectivity index (χ4n) is 2.50. The Kier molecular flexibility index (Phi) is 4.74. The van der Waals surface area contributed by atoms with Gasteiger partial charge in [-0.25, -0.2) is 0 Å². The molecule has 0 radical (unpaired) electrons. The fourth-order valence-corrected chi connectivity index (χ4v) is 2.50. The first kappa shape index (κ1) is 13.8. The van der Waals surface area contributed by atoms with Crippen molar-refractivity contribution in [2.24, 2.45) is 0 Å². The Labute approximate surface area is 115 Å². The van der Waals surface area contributed by atoms with Crippen molar-refractivity contribution in [3.8, 4) is 0 Å². The monoisotopic (exact) mass is 258 g/mol. The second-order valence-electron chi connectivity index (χ2n) is 5.10. The highest BCUT2D eigenvalue weighted by Crippen LogP contribution is 2.11. The highest BCUT2D eigenvalue weighted by molar-refractivity contribution is 5.94. The van der Waals surface area contributed by atoms with Crippen LogP contribution in [0, 0.1) is 6.92 Å². The summed E-state index contributed by atoms with van der Waals surface area (Å²) in [7, 11) is 0. The molecule has 1 aliphatic heterocycles. The second-order valence-corrected chi connectivity index (χ2v) is 5.10. The lowest BCUT2D eigenvalue weighted by molar-refractivity contribution is 0.0762. The molecule has 1 amide bonds. The normalized spacial score (nSPS) is 17.0. The molecule has 3 nitrogen and oxygen atoms in total. The standard InChI is InChI=1S/C16H22N2O/c1-3-8-17-9-5-10-18(12-11-17)16(19)15-7-4-6-14(2)13-15/h3-4,6-7,13H,1,5,8-12H2,2H3. The Morgan fingerprint density at radius 1 is 1.32 bits per heavy atom. The zero-order valence-electron chi connectivity index (χ0n) is 11.6. The summed E-state index contributed by atoms with van der Waals surface area (Å²) in [4.78, 5) is 16.8. The summed E-state index contributed by atoms with van der Waals surface area (Å²) in [6, 6.07) is 7.84. The number of hydrogen-bond acceptors (Lipinski definition) is 2. The van der Waals surface area contributed by atoms with Crippen molar-refractivity contribution in [1.29, 1.82) is 0 Å². The largest absolute Gasteiger partial charge is 0.337 e. The van der Waals surface area contributed by atoms with E-state index in [1.807, 2.05) is 42.2 Å². The molecule has 1 fully saturated rings. The number of rotatable bonds is 3. The molecule has 1 aliphatic rings. The lowest BCUT2D eigenvalue weighted by Crippen LogP contribution is -2.35. The summed E-state index contributed by atoms with van der Waals surface area (Å²) in [5.74, 6) is 0.157. The smallest absolute Gasteiger partial charge is 0.253 e. The van der Waals surface area contributed by atoms with Gasteiger partial charge in [-0.05, 0) is 25.5 Å². The van der Waals surface area contributed by atoms with Gasteiger partial charge in [0.05, 0.1) is 0 Å². The van der Waals surface area contributed by atoms with Gasteiger partial charge < -0.3 is 4.90 Å². The number of carbonyl (C=O) groups is 1. The van der Waals surface area contributed by atoms with Crippen molar-refractivity contribution in [2.75, 3.05) is 32.7 Å². The van der Waals surface area contributed by atoms with Crippen molar-refractivity contribution in [1.82, 2.24) is 9.80 Å². The van der Waals surface area contributed by atoms with Crippen LogP contribution in [0.4, 0.5) is 0 Å². The minimum Gasteiger partial charge on any atom is -0.337 e. The quantitative estimate of drug-likeness (QED) is 0.777. The van der Waals surface area contributed by atoms with E-state index in [0.29, 0.717) is 0 Å². The van der Waals surface area contributed by atoms with Crippen LogP contribution in [-0.4, -0.2) is 48.4 Å². The maximum Gasteiger partial charge on any atom is 0.253 e. The third kappa shape index (κ3) is 3.67. The van der Waals surface area contributed by atoms with Crippen molar-refractivity contribution in [2.45, 2.75) is 13.3 Å². The van der Waals surface area contributed by atoms with Crippen LogP contribution in [0.25, 0.3) is 0 Å². The SMILES string of the molecule is C=CCN1CCCN(C(=O)c2cccc(C)c2)CC1. The van der Waals surface area contributed by atoms with Crippen LogP contribution >= 0.6 is 0 Å². The predicted molar refractivity (Wildman–Crippen MR) is 78.3 cm³/mol. The number of aryl methyl sites for hydroxylation is 1. The molecule has 2 rings (SSSR count). The second kappa shape index (κ2) is 6.53. The Morgan fingerprint density at radius 3 is 2.89 bits per heavy atom. The van der Waals surface area contributed by atoms with E-state index in [1.165, 1.54) is 0 Å². The lowest BCUT2D eigenvalue weighted by Gasteiger charge is -2.21. The zero-order chi connectivity index (χ0) is 13.7. The minimum atomic E-state index is 0.157. The maximum atomic E-state index is 12.5. The molecule has 0 bridgehead atoms. The molecular weight excluding hydrogens is 236 g/mol. The topological polar surface area (TPSA) is 23.6 Å². The minimum absolute atomic E-state index is 0.157. The molecule has 0 atom stereocenters. The van der Waals surface area contributed by atoms with E-state index in [-0.39, 0.29) is 5.91 Å². The van der Waals surface area contributed by atoms with Crippen LogP contribution in [0.1, 0.15) is 22.3 Å². The first-order valence-corrected chi connectivity index (χ1v) is 6.90. The van der Waals surface area contributed by atoms with E-state index in [1.54, 1.807) is 0 Å². The average Bonchev–Trinajstić information content (AvgIpc) is 2.64. The average molecular weight is 258 g/mol. The Hall–Kier alpha value is -1.61. The number of benzene rings is 1. The molecule has 0 unspecified atom stereocenters. The van der Waals surface area contributed by atoms with E-state index in [4.69, 9.17) is 0 Å². The van der Waals surface area contributed by atoms with Crippen LogP contribution in [0.3, 0.4) is 0 Å². The van der Waals surface area contributed by atoms with Crippen LogP contribution in [0.2, 0.25) is 0 Å². The highest BCUT2D eigenvalue weighted by atomic mass is 16.2. The molecule has 1 aromatic rings. The summed E-state index contributed by atoms with van der Waals surface area (Å²) in [5, 5.41) is 0. The summed E-state index contributed by atoms with van der Waals surface area (Å²) in [6.07, 6.45) is 2.96. The number of amides is 1. The van der Waals surface area contributed by atoms with E-state index in [0.717, 1.165) is 50.3 Å². The molecule has 0 aromatic heterocycles. The fraction of sp³-hybridized carbons (Fsp3) is 0.438. The van der Waals surface area contributed by atoms with E-state index in [9.17, 15) is 4.79 Å². The van der Waals surface area contributed by atoms with Gasteiger partial charge in [-0.1, -0.05) is 23.8 Å². The molecule has 19 heavy (non-hydrogen) atoms. The van der Waals surface area contributed by atoms with Gasteiger partial charge in [-0.2, -0.15) is 0 Å². The van der Waals surface area contributed by atoms with Gasteiger partial charge in [-0.15, -0.1) is 6.58 Å². The summed E-state index contributed by atoms with van der Waals surface area (Å²) >= 11 is 0. The number of hydrogen-bond donors (Lipinski definition) is 0. The zero-order valence-corrected chi connectivity index (χ0v) is 11.6. The Bertz CT molecular complexity index is 456. The van der Waals surface area contributed by atoms with E-state index >= 15 is 0 Å². The first-order valence-electron chi connectivity index (χ1n) is 6.90. The van der Waals surface area contributed by atoms with Crippen LogP contribution in [-0.2, 0) is 0 Å². The molecule has 1 aromatic carbocycles. The third-order valence-electron chi connectivity index (χ3n) is 3.53. The molecule has 1 saturated heterocycles. The van der Waals surface area contributed by atoms with Crippen LogP contribution < -0.4 is 0 Å². The van der Waals surface area contributed by atoms with E-state index in [2.05, 4.69) is 11.5 Å². The Balaban J connectivity index is 2.02. The molecule has 0 saturated carbocycles. The summed E-state index contributed by atoms with van der Waals surface area (Å²) in [5.41, 5.74) is 1.94. The third-order valence-corrected chi connectivity index (χ3v) is 3.53. The van der Waals surface area contributed by atoms with Gasteiger partial charge in [0.15, 0.2) is 0 Å². The van der Waals surface area contributed by atoms with Gasteiger partial charge in [0, 0.05) is 38.3 Å². The van der Waals surface area contributed by atoms with Gasteiger partial charge in [0.2, 0.25) is 0 Å². The van der Waals surface area contributed by atoms with Crippen molar-refractivity contribution >= 4 is 5.91 Å². The number of nitrogens with zero attached hydrogens (tertiary/aromatic N) is 2. The maximum absolute atomic E-state index is 12.5. The van der Waals surface area contributed by atoms with E-state index < -0.39 is 0 Å².